The highest BCUT2D eigenvalue weighted by Crippen LogP contribution is 2.31. The van der Waals surface area contributed by atoms with Crippen LogP contribution in [0.2, 0.25) is 10.2 Å². The van der Waals surface area contributed by atoms with Crippen LogP contribution in [0.1, 0.15) is 12.8 Å². The molecule has 1 aliphatic heterocycles. The van der Waals surface area contributed by atoms with Crippen molar-refractivity contribution in [3.05, 3.63) is 67.9 Å². The maximum absolute atomic E-state index is 13.2. The van der Waals surface area contributed by atoms with Gasteiger partial charge in [0.15, 0.2) is 5.65 Å². The lowest BCUT2D eigenvalue weighted by atomic mass is 10.00. The first-order chi connectivity index (χ1) is 17.2. The van der Waals surface area contributed by atoms with Gasteiger partial charge in [-0.3, -0.25) is 0 Å². The highest BCUT2D eigenvalue weighted by atomic mass is 79.9. The molecule has 0 saturated carbocycles. The van der Waals surface area contributed by atoms with Crippen molar-refractivity contribution in [2.75, 3.05) is 25.0 Å². The average Bonchev–Trinajstić information content (AvgIpc) is 3.25. The van der Waals surface area contributed by atoms with E-state index in [-0.39, 0.29) is 16.0 Å². The molecule has 0 spiro atoms. The zero-order chi connectivity index (χ0) is 25.4. The van der Waals surface area contributed by atoms with Crippen LogP contribution in [0.4, 0.5) is 5.82 Å². The van der Waals surface area contributed by atoms with Gasteiger partial charge in [0, 0.05) is 42.5 Å². The fourth-order valence-corrected chi connectivity index (χ4v) is 6.94. The van der Waals surface area contributed by atoms with Gasteiger partial charge in [-0.05, 0) is 62.8 Å². The number of sulfonamides is 1. The van der Waals surface area contributed by atoms with Crippen LogP contribution in [0.3, 0.4) is 0 Å². The van der Waals surface area contributed by atoms with Gasteiger partial charge in [0.05, 0.1) is 20.8 Å². The molecule has 1 atom stereocenters. The van der Waals surface area contributed by atoms with Gasteiger partial charge in [-0.25, -0.2) is 18.4 Å². The van der Waals surface area contributed by atoms with Gasteiger partial charge in [-0.1, -0.05) is 41.4 Å². The summed E-state index contributed by atoms with van der Waals surface area (Å²) in [5.74, 6) is 0.842. The number of rotatable bonds is 6. The number of hydrogen-bond donors (Lipinski definition) is 1. The molecular weight excluding hydrogens is 655 g/mol. The molecule has 188 valence electrons. The molecular formula is C23H20Br2Cl2N6O2S. The maximum Gasteiger partial charge on any atom is 0.244 e. The van der Waals surface area contributed by atoms with E-state index in [4.69, 9.17) is 28.2 Å². The Morgan fingerprint density at radius 2 is 1.92 bits per heavy atom. The summed E-state index contributed by atoms with van der Waals surface area (Å²) in [6, 6.07) is 10.9. The monoisotopic (exact) mass is 672 g/mol. The first kappa shape index (κ1) is 25.9. The predicted molar refractivity (Wildman–Crippen MR) is 148 cm³/mol. The summed E-state index contributed by atoms with van der Waals surface area (Å²) in [5, 5.41) is 8.72. The molecule has 36 heavy (non-hydrogen) atoms. The molecule has 1 fully saturated rings. The maximum atomic E-state index is 13.2. The minimum atomic E-state index is -3.69. The Morgan fingerprint density at radius 3 is 2.69 bits per heavy atom. The third-order valence-electron chi connectivity index (χ3n) is 6.04. The van der Waals surface area contributed by atoms with E-state index < -0.39 is 10.0 Å². The van der Waals surface area contributed by atoms with Gasteiger partial charge in [-0.2, -0.15) is 13.9 Å². The fraction of sp³-hybridized carbons (Fsp3) is 0.261. The minimum absolute atomic E-state index is 0.100. The summed E-state index contributed by atoms with van der Waals surface area (Å²) in [6.45, 7) is 1.42. The Morgan fingerprint density at radius 1 is 1.11 bits per heavy atom. The molecule has 0 amide bonds. The SMILES string of the molecule is O=S(=O)(c1cnc(Cl)c(Br)c1)N1CCCC(CNc2cc(-c3ccccc3Cl)nc3c(Br)cnn23)C1. The van der Waals surface area contributed by atoms with Crippen molar-refractivity contribution >= 4 is 76.6 Å². The summed E-state index contributed by atoms with van der Waals surface area (Å²) in [6.07, 6.45) is 4.65. The molecule has 4 heterocycles. The van der Waals surface area contributed by atoms with Crippen molar-refractivity contribution in [1.82, 2.24) is 23.9 Å². The molecule has 1 aliphatic rings. The summed E-state index contributed by atoms with van der Waals surface area (Å²) in [5.41, 5.74) is 2.18. The standard InChI is InChI=1S/C23H20Br2Cl2N6O2S/c24-17-8-15(11-29-22(17)27)36(34,35)32-7-3-4-14(13-32)10-28-21-9-20(16-5-1-2-6-19(16)26)31-23-18(25)12-30-33(21)23/h1-2,5-6,8-9,11-12,14,28H,3-4,7,10,13H2. The average molecular weight is 675 g/mol. The van der Waals surface area contributed by atoms with Crippen molar-refractivity contribution in [3.63, 3.8) is 0 Å². The predicted octanol–water partition coefficient (Wildman–Crippen LogP) is 6.14. The molecule has 3 aromatic heterocycles. The van der Waals surface area contributed by atoms with Crippen LogP contribution in [0.15, 0.2) is 62.6 Å². The van der Waals surface area contributed by atoms with Crippen molar-refractivity contribution in [2.24, 2.45) is 5.92 Å². The van der Waals surface area contributed by atoms with Gasteiger partial charge in [-0.15, -0.1) is 0 Å². The molecule has 8 nitrogen and oxygen atoms in total. The van der Waals surface area contributed by atoms with E-state index in [1.165, 1.54) is 16.6 Å². The largest absolute Gasteiger partial charge is 0.370 e. The lowest BCUT2D eigenvalue weighted by Crippen LogP contribution is -2.41. The highest BCUT2D eigenvalue weighted by Gasteiger charge is 2.31. The number of hydrogen-bond acceptors (Lipinski definition) is 6. The van der Waals surface area contributed by atoms with E-state index >= 15 is 0 Å². The second kappa shape index (κ2) is 10.5. The van der Waals surface area contributed by atoms with E-state index in [9.17, 15) is 8.42 Å². The van der Waals surface area contributed by atoms with E-state index in [1.54, 1.807) is 10.7 Å². The van der Waals surface area contributed by atoms with E-state index in [2.05, 4.69) is 47.3 Å². The Hall–Kier alpha value is -1.76. The Bertz CT molecular complexity index is 1550. The van der Waals surface area contributed by atoms with E-state index in [0.29, 0.717) is 40.5 Å². The van der Waals surface area contributed by atoms with Gasteiger partial charge >= 0.3 is 0 Å². The number of halogens is 4. The highest BCUT2D eigenvalue weighted by molar-refractivity contribution is 9.11. The first-order valence-corrected chi connectivity index (χ1v) is 14.9. The number of piperidine rings is 1. The molecule has 5 rings (SSSR count). The summed E-state index contributed by atoms with van der Waals surface area (Å²) < 4.78 is 30.9. The zero-order valence-corrected chi connectivity index (χ0v) is 24.2. The minimum Gasteiger partial charge on any atom is -0.370 e. The Balaban J connectivity index is 1.37. The number of aromatic nitrogens is 4. The quantitative estimate of drug-likeness (QED) is 0.247. The van der Waals surface area contributed by atoms with Gasteiger partial charge < -0.3 is 5.32 Å². The second-order valence-corrected chi connectivity index (χ2v) is 12.8. The smallest absolute Gasteiger partial charge is 0.244 e. The van der Waals surface area contributed by atoms with Crippen LogP contribution in [-0.2, 0) is 10.0 Å². The first-order valence-electron chi connectivity index (χ1n) is 11.1. The Kier molecular flexibility index (Phi) is 7.58. The van der Waals surface area contributed by atoms with Crippen LogP contribution in [-0.4, -0.2) is 51.9 Å². The van der Waals surface area contributed by atoms with Crippen molar-refractivity contribution in [3.8, 4) is 11.3 Å². The van der Waals surface area contributed by atoms with Crippen molar-refractivity contribution in [2.45, 2.75) is 17.7 Å². The van der Waals surface area contributed by atoms with E-state index in [1.807, 2.05) is 30.3 Å². The lowest BCUT2D eigenvalue weighted by molar-refractivity contribution is 0.275. The molecule has 13 heteroatoms. The fourth-order valence-electron chi connectivity index (χ4n) is 4.22. The van der Waals surface area contributed by atoms with Crippen molar-refractivity contribution in [1.29, 1.82) is 0 Å². The summed E-state index contributed by atoms with van der Waals surface area (Å²) in [7, 11) is -3.69. The van der Waals surface area contributed by atoms with Crippen LogP contribution in [0.25, 0.3) is 16.9 Å². The second-order valence-electron chi connectivity index (χ2n) is 8.43. The van der Waals surface area contributed by atoms with Crippen LogP contribution in [0, 0.1) is 5.92 Å². The number of anilines is 1. The molecule has 1 aromatic carbocycles. The number of pyridine rings is 1. The topological polar surface area (TPSA) is 92.5 Å². The third-order valence-corrected chi connectivity index (χ3v) is 9.89. The number of fused-ring (bicyclic) bond motifs is 1. The summed E-state index contributed by atoms with van der Waals surface area (Å²) in [4.78, 5) is 8.83. The van der Waals surface area contributed by atoms with Crippen LogP contribution in [0.5, 0.6) is 0 Å². The normalized spacial score (nSPS) is 16.9. The summed E-state index contributed by atoms with van der Waals surface area (Å²) >= 11 is 19.2. The van der Waals surface area contributed by atoms with E-state index in [0.717, 1.165) is 28.7 Å². The molecule has 0 aliphatic carbocycles. The van der Waals surface area contributed by atoms with Gasteiger partial charge in [0.1, 0.15) is 15.9 Å². The van der Waals surface area contributed by atoms with Gasteiger partial charge in [0.2, 0.25) is 10.0 Å². The number of benzene rings is 1. The lowest BCUT2D eigenvalue weighted by Gasteiger charge is -2.32. The molecule has 1 N–H and O–H groups in total. The third kappa shape index (κ3) is 5.14. The molecule has 4 aromatic rings. The van der Waals surface area contributed by atoms with Gasteiger partial charge in [0.25, 0.3) is 0 Å². The number of nitrogens with one attached hydrogen (secondary N) is 1. The van der Waals surface area contributed by atoms with Crippen molar-refractivity contribution < 1.29 is 8.42 Å². The van der Waals surface area contributed by atoms with Crippen LogP contribution < -0.4 is 5.32 Å². The van der Waals surface area contributed by atoms with Crippen LogP contribution >= 0.6 is 55.1 Å². The molecule has 0 radical (unpaired) electrons. The number of nitrogens with zero attached hydrogens (tertiary/aromatic N) is 5. The molecule has 0 bridgehead atoms. The molecule has 1 saturated heterocycles. The Labute approximate surface area is 235 Å². The molecule has 1 unspecified atom stereocenters. The zero-order valence-electron chi connectivity index (χ0n) is 18.7.